The van der Waals surface area contributed by atoms with Crippen LogP contribution >= 0.6 is 0 Å². The third kappa shape index (κ3) is 2.94. The molecule has 2 saturated carbocycles. The maximum atomic E-state index is 12.4. The van der Waals surface area contributed by atoms with E-state index in [0.717, 1.165) is 37.5 Å². The van der Waals surface area contributed by atoms with Crippen molar-refractivity contribution < 1.29 is 4.79 Å². The lowest BCUT2D eigenvalue weighted by molar-refractivity contribution is -0.127. The van der Waals surface area contributed by atoms with E-state index in [1.54, 1.807) is 0 Å². The minimum Gasteiger partial charge on any atom is -0.298 e. The molecular formula is C16H25NO. The van der Waals surface area contributed by atoms with Gasteiger partial charge >= 0.3 is 0 Å². The average Bonchev–Trinajstić information content (AvgIpc) is 2.43. The zero-order valence-electron chi connectivity index (χ0n) is 11.5. The topological polar surface area (TPSA) is 40.9 Å². The van der Waals surface area contributed by atoms with Gasteiger partial charge in [-0.25, -0.2) is 0 Å². The Balaban J connectivity index is 1.93. The van der Waals surface area contributed by atoms with Gasteiger partial charge in [0.2, 0.25) is 0 Å². The van der Waals surface area contributed by atoms with E-state index in [0.29, 0.717) is 0 Å². The van der Waals surface area contributed by atoms with Crippen LogP contribution in [0.3, 0.4) is 0 Å². The number of nitrogens with zero attached hydrogens (tertiary/aromatic N) is 1. The fraction of sp³-hybridized carbons (Fsp3) is 0.875. The maximum absolute atomic E-state index is 12.4. The molecule has 0 bridgehead atoms. The van der Waals surface area contributed by atoms with E-state index in [1.165, 1.54) is 32.1 Å². The molecular weight excluding hydrogens is 222 g/mol. The minimum atomic E-state index is -0.333. The van der Waals surface area contributed by atoms with Gasteiger partial charge in [-0.3, -0.25) is 4.79 Å². The molecule has 4 unspecified atom stereocenters. The summed E-state index contributed by atoms with van der Waals surface area (Å²) >= 11 is 0. The van der Waals surface area contributed by atoms with E-state index in [1.807, 2.05) is 0 Å². The Morgan fingerprint density at radius 3 is 2.61 bits per heavy atom. The van der Waals surface area contributed by atoms with Crippen LogP contribution in [-0.2, 0) is 4.79 Å². The van der Waals surface area contributed by atoms with Crippen molar-refractivity contribution in [2.75, 3.05) is 0 Å². The van der Waals surface area contributed by atoms with Gasteiger partial charge in [0.15, 0.2) is 5.78 Å². The fourth-order valence-corrected chi connectivity index (χ4v) is 3.98. The summed E-state index contributed by atoms with van der Waals surface area (Å²) in [6, 6.07) is 2.22. The Bertz CT molecular complexity index is 330. The highest BCUT2D eigenvalue weighted by molar-refractivity contribution is 5.85. The fourth-order valence-electron chi connectivity index (χ4n) is 3.98. The molecule has 2 aliphatic carbocycles. The molecule has 0 amide bonds. The number of hydrogen-bond donors (Lipinski definition) is 0. The first kappa shape index (κ1) is 13.6. The quantitative estimate of drug-likeness (QED) is 0.750. The van der Waals surface area contributed by atoms with Crippen LogP contribution in [0.5, 0.6) is 0 Å². The molecule has 2 fully saturated rings. The predicted octanol–water partition coefficient (Wildman–Crippen LogP) is 4.10. The molecule has 2 aliphatic rings. The number of nitriles is 1. The second-order valence-electron chi connectivity index (χ2n) is 6.19. The molecule has 0 heterocycles. The molecule has 0 aromatic rings. The maximum Gasteiger partial charge on any atom is 0.153 e. The van der Waals surface area contributed by atoms with E-state index in [2.05, 4.69) is 13.0 Å². The van der Waals surface area contributed by atoms with Gasteiger partial charge in [0.1, 0.15) is 5.92 Å². The van der Waals surface area contributed by atoms with Gasteiger partial charge in [0.05, 0.1) is 6.07 Å². The Kier molecular flexibility index (Phi) is 4.80. The number of rotatable bonds is 4. The summed E-state index contributed by atoms with van der Waals surface area (Å²) in [6.45, 7) is 2.05. The van der Waals surface area contributed by atoms with Crippen molar-refractivity contribution in [3.63, 3.8) is 0 Å². The van der Waals surface area contributed by atoms with E-state index in [-0.39, 0.29) is 17.6 Å². The molecule has 0 aliphatic heterocycles. The van der Waals surface area contributed by atoms with Gasteiger partial charge in [-0.05, 0) is 37.5 Å². The molecule has 0 saturated heterocycles. The van der Waals surface area contributed by atoms with E-state index >= 15 is 0 Å². The Morgan fingerprint density at radius 1 is 1.22 bits per heavy atom. The van der Waals surface area contributed by atoms with Crippen molar-refractivity contribution in [2.45, 2.75) is 64.7 Å². The number of carbonyl (C=O) groups is 1. The lowest BCUT2D eigenvalue weighted by atomic mass is 9.66. The third-order valence-corrected chi connectivity index (χ3v) is 5.02. The first-order valence-corrected chi connectivity index (χ1v) is 7.69. The van der Waals surface area contributed by atoms with Gasteiger partial charge in [0, 0.05) is 5.92 Å². The van der Waals surface area contributed by atoms with E-state index < -0.39 is 0 Å². The number of Topliss-reactive ketones (excluding diaryl/α,β-unsaturated/α-hetero) is 1. The van der Waals surface area contributed by atoms with Crippen molar-refractivity contribution in [1.29, 1.82) is 5.26 Å². The van der Waals surface area contributed by atoms with Crippen molar-refractivity contribution in [3.8, 4) is 6.07 Å². The monoisotopic (exact) mass is 247 g/mol. The number of ketones is 1. The molecule has 2 rings (SSSR count). The second-order valence-corrected chi connectivity index (χ2v) is 6.19. The lowest BCUT2D eigenvalue weighted by Crippen LogP contribution is -2.33. The number of carbonyl (C=O) groups excluding carboxylic acids is 1. The molecule has 2 nitrogen and oxygen atoms in total. The summed E-state index contributed by atoms with van der Waals surface area (Å²) in [5.41, 5.74) is 0. The lowest BCUT2D eigenvalue weighted by Gasteiger charge is -2.39. The van der Waals surface area contributed by atoms with Gasteiger partial charge in [-0.15, -0.1) is 0 Å². The molecule has 18 heavy (non-hydrogen) atoms. The normalized spacial score (nSPS) is 33.2. The summed E-state index contributed by atoms with van der Waals surface area (Å²) in [5, 5.41) is 9.12. The van der Waals surface area contributed by atoms with Gasteiger partial charge in [-0.1, -0.05) is 39.0 Å². The Labute approximate surface area is 111 Å². The summed E-state index contributed by atoms with van der Waals surface area (Å²) in [4.78, 5) is 12.4. The van der Waals surface area contributed by atoms with Crippen LogP contribution in [0.25, 0.3) is 0 Å². The first-order chi connectivity index (χ1) is 8.76. The number of fused-ring (bicyclic) bond motifs is 1. The molecule has 0 spiro atoms. The standard InChI is InChI=1S/C16H25NO/c1-2-5-15(11-17)16(18)14-9-8-12-6-3-4-7-13(12)10-14/h12-15H,2-10H2,1H3. The van der Waals surface area contributed by atoms with Gasteiger partial charge in [0.25, 0.3) is 0 Å². The van der Waals surface area contributed by atoms with Gasteiger partial charge < -0.3 is 0 Å². The highest BCUT2D eigenvalue weighted by atomic mass is 16.1. The molecule has 0 aromatic heterocycles. The van der Waals surface area contributed by atoms with Crippen LogP contribution in [0.2, 0.25) is 0 Å². The summed E-state index contributed by atoms with van der Waals surface area (Å²) in [7, 11) is 0. The Morgan fingerprint density at radius 2 is 1.94 bits per heavy atom. The first-order valence-electron chi connectivity index (χ1n) is 7.69. The summed E-state index contributed by atoms with van der Waals surface area (Å²) in [6.07, 6.45) is 10.5. The van der Waals surface area contributed by atoms with Gasteiger partial charge in [-0.2, -0.15) is 5.26 Å². The van der Waals surface area contributed by atoms with E-state index in [4.69, 9.17) is 5.26 Å². The van der Waals surface area contributed by atoms with Crippen molar-refractivity contribution >= 4 is 5.78 Å². The predicted molar refractivity (Wildman–Crippen MR) is 71.8 cm³/mol. The zero-order chi connectivity index (χ0) is 13.0. The largest absolute Gasteiger partial charge is 0.298 e. The van der Waals surface area contributed by atoms with Crippen LogP contribution in [0.15, 0.2) is 0 Å². The second kappa shape index (κ2) is 6.36. The highest BCUT2D eigenvalue weighted by Crippen LogP contribution is 2.43. The SMILES string of the molecule is CCCC(C#N)C(=O)C1CCC2CCCCC2C1. The van der Waals surface area contributed by atoms with Crippen LogP contribution in [-0.4, -0.2) is 5.78 Å². The van der Waals surface area contributed by atoms with Crippen molar-refractivity contribution in [1.82, 2.24) is 0 Å². The third-order valence-electron chi connectivity index (χ3n) is 5.02. The summed E-state index contributed by atoms with van der Waals surface area (Å²) < 4.78 is 0. The van der Waals surface area contributed by atoms with Crippen LogP contribution in [0, 0.1) is 35.0 Å². The average molecular weight is 247 g/mol. The van der Waals surface area contributed by atoms with Crippen LogP contribution < -0.4 is 0 Å². The highest BCUT2D eigenvalue weighted by Gasteiger charge is 2.36. The smallest absolute Gasteiger partial charge is 0.153 e. The molecule has 0 radical (unpaired) electrons. The number of hydrogen-bond acceptors (Lipinski definition) is 2. The van der Waals surface area contributed by atoms with E-state index in [9.17, 15) is 4.79 Å². The molecule has 0 N–H and O–H groups in total. The Hall–Kier alpha value is -0.840. The minimum absolute atomic E-state index is 0.195. The van der Waals surface area contributed by atoms with Crippen LogP contribution in [0.1, 0.15) is 64.7 Å². The molecule has 4 atom stereocenters. The summed E-state index contributed by atoms with van der Waals surface area (Å²) in [5.74, 6) is 1.78. The molecule has 2 heteroatoms. The van der Waals surface area contributed by atoms with Crippen molar-refractivity contribution in [3.05, 3.63) is 0 Å². The zero-order valence-corrected chi connectivity index (χ0v) is 11.5. The van der Waals surface area contributed by atoms with Crippen LogP contribution in [0.4, 0.5) is 0 Å². The van der Waals surface area contributed by atoms with Crippen molar-refractivity contribution in [2.24, 2.45) is 23.7 Å². The molecule has 100 valence electrons. The molecule has 0 aromatic carbocycles.